The molecule has 60 valence electrons. The molecule has 0 unspecified atom stereocenters. The van der Waals surface area contributed by atoms with Gasteiger partial charge in [0.15, 0.2) is 0 Å². The maximum absolute atomic E-state index is 8.88. The summed E-state index contributed by atoms with van der Waals surface area (Å²) in [5.41, 5.74) is 4.84. The Labute approximate surface area is 67.7 Å². The van der Waals surface area contributed by atoms with E-state index in [-0.39, 0.29) is 6.61 Å². The summed E-state index contributed by atoms with van der Waals surface area (Å²) < 4.78 is 0. The highest BCUT2D eigenvalue weighted by Gasteiger charge is 1.98. The summed E-state index contributed by atoms with van der Waals surface area (Å²) >= 11 is 0. The summed E-state index contributed by atoms with van der Waals surface area (Å²) in [6.07, 6.45) is 0. The molecule has 0 heterocycles. The van der Waals surface area contributed by atoms with E-state index >= 15 is 0 Å². The van der Waals surface area contributed by atoms with Gasteiger partial charge >= 0.3 is 0 Å². The van der Waals surface area contributed by atoms with Gasteiger partial charge in [-0.2, -0.15) is 0 Å². The Hall–Kier alpha value is -0.820. The molecule has 0 fully saturated rings. The third kappa shape index (κ3) is 1.60. The molecule has 1 nitrogen and oxygen atoms in total. The van der Waals surface area contributed by atoms with Crippen molar-refractivity contribution in [3.05, 3.63) is 34.4 Å². The normalized spacial score (nSPS) is 10.2. The van der Waals surface area contributed by atoms with Gasteiger partial charge in [-0.15, -0.1) is 0 Å². The van der Waals surface area contributed by atoms with Gasteiger partial charge in [-0.1, -0.05) is 12.1 Å². The maximum Gasteiger partial charge on any atom is 0.0682 e. The predicted molar refractivity (Wildman–Crippen MR) is 46.6 cm³/mol. The van der Waals surface area contributed by atoms with Crippen LogP contribution in [0.1, 0.15) is 22.3 Å². The summed E-state index contributed by atoms with van der Waals surface area (Å²) in [5, 5.41) is 8.88. The second-order valence-electron chi connectivity index (χ2n) is 3.01. The molecule has 0 amide bonds. The quantitative estimate of drug-likeness (QED) is 0.650. The molecule has 0 bridgehead atoms. The fraction of sp³-hybridized carbons (Fsp3) is 0.400. The van der Waals surface area contributed by atoms with Crippen LogP contribution in [-0.2, 0) is 6.61 Å². The van der Waals surface area contributed by atoms with Crippen LogP contribution >= 0.6 is 0 Å². The summed E-state index contributed by atoms with van der Waals surface area (Å²) in [5.74, 6) is 0. The second-order valence-corrected chi connectivity index (χ2v) is 3.01. The van der Waals surface area contributed by atoms with Crippen molar-refractivity contribution in [2.75, 3.05) is 0 Å². The first-order valence-corrected chi connectivity index (χ1v) is 3.82. The average Bonchev–Trinajstić information content (AvgIpc) is 1.99. The molecule has 0 aromatic heterocycles. The van der Waals surface area contributed by atoms with Crippen LogP contribution in [0, 0.1) is 20.8 Å². The van der Waals surface area contributed by atoms with Crippen LogP contribution < -0.4 is 0 Å². The van der Waals surface area contributed by atoms with Gasteiger partial charge in [0, 0.05) is 0 Å². The zero-order valence-corrected chi connectivity index (χ0v) is 7.31. The maximum atomic E-state index is 8.88. The molecule has 0 saturated carbocycles. The number of aliphatic hydroxyl groups excluding tert-OH is 1. The Morgan fingerprint density at radius 3 is 1.91 bits per heavy atom. The van der Waals surface area contributed by atoms with Gasteiger partial charge in [0.2, 0.25) is 0 Å². The van der Waals surface area contributed by atoms with Crippen LogP contribution in [-0.4, -0.2) is 5.11 Å². The Balaban J connectivity index is 3.21. The molecule has 0 saturated heterocycles. The Kier molecular flexibility index (Phi) is 2.30. The zero-order chi connectivity index (χ0) is 8.43. The highest BCUT2D eigenvalue weighted by molar-refractivity contribution is 5.36. The van der Waals surface area contributed by atoms with Gasteiger partial charge in [0.1, 0.15) is 0 Å². The Morgan fingerprint density at radius 1 is 1.09 bits per heavy atom. The van der Waals surface area contributed by atoms with Gasteiger partial charge in [-0.05, 0) is 43.0 Å². The molecule has 11 heavy (non-hydrogen) atoms. The SMILES string of the molecule is Cc1cc(CO)cc(C)c1C. The van der Waals surface area contributed by atoms with Crippen LogP contribution in [0.4, 0.5) is 0 Å². The van der Waals surface area contributed by atoms with Crippen LogP contribution in [0.2, 0.25) is 0 Å². The lowest BCUT2D eigenvalue weighted by Gasteiger charge is -2.06. The summed E-state index contributed by atoms with van der Waals surface area (Å²) in [6, 6.07) is 4.06. The van der Waals surface area contributed by atoms with Crippen molar-refractivity contribution in [3.8, 4) is 0 Å². The monoisotopic (exact) mass is 150 g/mol. The summed E-state index contributed by atoms with van der Waals surface area (Å²) in [6.45, 7) is 6.39. The molecule has 0 atom stereocenters. The molecule has 0 aliphatic carbocycles. The predicted octanol–water partition coefficient (Wildman–Crippen LogP) is 2.10. The lowest BCUT2D eigenvalue weighted by molar-refractivity contribution is 0.281. The van der Waals surface area contributed by atoms with Gasteiger partial charge in [0.05, 0.1) is 6.61 Å². The molecule has 0 radical (unpaired) electrons. The van der Waals surface area contributed by atoms with E-state index in [1.165, 1.54) is 16.7 Å². The Bertz CT molecular complexity index is 241. The topological polar surface area (TPSA) is 20.2 Å². The van der Waals surface area contributed by atoms with Crippen molar-refractivity contribution < 1.29 is 5.11 Å². The smallest absolute Gasteiger partial charge is 0.0682 e. The van der Waals surface area contributed by atoms with E-state index in [4.69, 9.17) is 5.11 Å². The van der Waals surface area contributed by atoms with Gasteiger partial charge < -0.3 is 5.11 Å². The van der Waals surface area contributed by atoms with E-state index in [2.05, 4.69) is 20.8 Å². The number of hydrogen-bond donors (Lipinski definition) is 1. The minimum Gasteiger partial charge on any atom is -0.392 e. The zero-order valence-electron chi connectivity index (χ0n) is 7.31. The van der Waals surface area contributed by atoms with Crippen molar-refractivity contribution >= 4 is 0 Å². The van der Waals surface area contributed by atoms with Crippen molar-refractivity contribution in [2.45, 2.75) is 27.4 Å². The first kappa shape index (κ1) is 8.28. The third-order valence-corrected chi connectivity index (χ3v) is 2.17. The standard InChI is InChI=1S/C10H14O/c1-7-4-10(6-11)5-8(2)9(7)3/h4-5,11H,6H2,1-3H3. The van der Waals surface area contributed by atoms with Crippen LogP contribution in [0.5, 0.6) is 0 Å². The van der Waals surface area contributed by atoms with E-state index in [0.717, 1.165) is 5.56 Å². The number of benzene rings is 1. The fourth-order valence-corrected chi connectivity index (χ4v) is 1.22. The average molecular weight is 150 g/mol. The molecule has 1 N–H and O–H groups in total. The molecule has 0 aliphatic heterocycles. The summed E-state index contributed by atoms with van der Waals surface area (Å²) in [4.78, 5) is 0. The first-order chi connectivity index (χ1) is 5.15. The lowest BCUT2D eigenvalue weighted by Crippen LogP contribution is -1.91. The van der Waals surface area contributed by atoms with E-state index < -0.39 is 0 Å². The van der Waals surface area contributed by atoms with Crippen molar-refractivity contribution in [2.24, 2.45) is 0 Å². The van der Waals surface area contributed by atoms with Crippen molar-refractivity contribution in [3.63, 3.8) is 0 Å². The third-order valence-electron chi connectivity index (χ3n) is 2.17. The number of rotatable bonds is 1. The number of aryl methyl sites for hydroxylation is 2. The largest absolute Gasteiger partial charge is 0.392 e. The molecule has 0 spiro atoms. The van der Waals surface area contributed by atoms with Crippen molar-refractivity contribution in [1.29, 1.82) is 0 Å². The van der Waals surface area contributed by atoms with Crippen LogP contribution in [0.15, 0.2) is 12.1 Å². The lowest BCUT2D eigenvalue weighted by atomic mass is 10.0. The molecule has 1 aromatic rings. The molecule has 1 heteroatoms. The minimum atomic E-state index is 0.141. The summed E-state index contributed by atoms with van der Waals surface area (Å²) in [7, 11) is 0. The van der Waals surface area contributed by atoms with E-state index in [1.54, 1.807) is 0 Å². The fourth-order valence-electron chi connectivity index (χ4n) is 1.22. The number of aliphatic hydroxyl groups is 1. The second kappa shape index (κ2) is 3.05. The van der Waals surface area contributed by atoms with Crippen LogP contribution in [0.25, 0.3) is 0 Å². The van der Waals surface area contributed by atoms with E-state index in [9.17, 15) is 0 Å². The molecular weight excluding hydrogens is 136 g/mol. The highest BCUT2D eigenvalue weighted by atomic mass is 16.3. The van der Waals surface area contributed by atoms with Gasteiger partial charge in [-0.3, -0.25) is 0 Å². The van der Waals surface area contributed by atoms with E-state index in [1.807, 2.05) is 12.1 Å². The molecular formula is C10H14O. The van der Waals surface area contributed by atoms with Gasteiger partial charge in [0.25, 0.3) is 0 Å². The molecule has 1 aromatic carbocycles. The van der Waals surface area contributed by atoms with E-state index in [0.29, 0.717) is 0 Å². The van der Waals surface area contributed by atoms with Crippen LogP contribution in [0.3, 0.4) is 0 Å². The Morgan fingerprint density at radius 2 is 1.55 bits per heavy atom. The molecule has 1 rings (SSSR count). The minimum absolute atomic E-state index is 0.141. The van der Waals surface area contributed by atoms with Gasteiger partial charge in [-0.25, -0.2) is 0 Å². The highest BCUT2D eigenvalue weighted by Crippen LogP contribution is 2.14. The van der Waals surface area contributed by atoms with Crippen molar-refractivity contribution in [1.82, 2.24) is 0 Å². The number of hydrogen-bond acceptors (Lipinski definition) is 1. The molecule has 0 aliphatic rings. The first-order valence-electron chi connectivity index (χ1n) is 3.82.